The van der Waals surface area contributed by atoms with E-state index in [1.807, 2.05) is 0 Å². The molecule has 0 spiro atoms. The zero-order chi connectivity index (χ0) is 13.0. The molecule has 0 aromatic heterocycles. The molecular formula is C13H24N2O3. The van der Waals surface area contributed by atoms with E-state index >= 15 is 0 Å². The van der Waals surface area contributed by atoms with E-state index in [1.165, 1.54) is 0 Å². The van der Waals surface area contributed by atoms with Crippen LogP contribution >= 0.6 is 0 Å². The first-order valence-corrected chi connectivity index (χ1v) is 6.88. The van der Waals surface area contributed by atoms with Crippen LogP contribution in [0.3, 0.4) is 0 Å². The van der Waals surface area contributed by atoms with E-state index in [2.05, 4.69) is 16.8 Å². The molecule has 2 atom stereocenters. The van der Waals surface area contributed by atoms with Crippen LogP contribution in [0.5, 0.6) is 0 Å². The smallest absolute Gasteiger partial charge is 0.303 e. The second-order valence-electron chi connectivity index (χ2n) is 5.60. The van der Waals surface area contributed by atoms with Gasteiger partial charge in [-0.05, 0) is 32.4 Å². The molecule has 18 heavy (non-hydrogen) atoms. The van der Waals surface area contributed by atoms with E-state index in [4.69, 9.17) is 9.84 Å². The van der Waals surface area contributed by atoms with Crippen molar-refractivity contribution in [1.82, 2.24) is 9.80 Å². The number of carboxylic acid groups (broad SMARTS) is 1. The highest BCUT2D eigenvalue weighted by Gasteiger charge is 2.26. The summed E-state index contributed by atoms with van der Waals surface area (Å²) < 4.78 is 5.77. The van der Waals surface area contributed by atoms with Gasteiger partial charge in [-0.1, -0.05) is 0 Å². The third-order valence-electron chi connectivity index (χ3n) is 3.94. The normalized spacial score (nSPS) is 30.7. The fraction of sp³-hybridized carbons (Fsp3) is 0.923. The highest BCUT2D eigenvalue weighted by Crippen LogP contribution is 2.21. The van der Waals surface area contributed by atoms with Gasteiger partial charge >= 0.3 is 5.97 Å². The van der Waals surface area contributed by atoms with E-state index < -0.39 is 5.97 Å². The van der Waals surface area contributed by atoms with Crippen molar-refractivity contribution in [2.24, 2.45) is 5.92 Å². The van der Waals surface area contributed by atoms with Gasteiger partial charge in [0.15, 0.2) is 0 Å². The summed E-state index contributed by atoms with van der Waals surface area (Å²) in [5.74, 6) is -0.117. The lowest BCUT2D eigenvalue weighted by Crippen LogP contribution is -2.45. The minimum absolute atomic E-state index is 0.307. The van der Waals surface area contributed by atoms with Crippen LogP contribution in [-0.4, -0.2) is 73.4 Å². The minimum atomic E-state index is -0.675. The molecule has 0 radical (unpaired) electrons. The lowest BCUT2D eigenvalue weighted by molar-refractivity contribution is -0.137. The first-order valence-electron chi connectivity index (χ1n) is 6.88. The monoisotopic (exact) mass is 256 g/mol. The summed E-state index contributed by atoms with van der Waals surface area (Å²) in [5, 5.41) is 8.69. The van der Waals surface area contributed by atoms with E-state index in [1.54, 1.807) is 0 Å². The van der Waals surface area contributed by atoms with Gasteiger partial charge in [0.2, 0.25) is 0 Å². The summed E-state index contributed by atoms with van der Waals surface area (Å²) in [6.07, 6.45) is 2.58. The standard InChI is InChI=1S/C13H24N2O3/c1-14-6-7-18-12(9-14)10-15-5-4-11(8-15)2-3-13(16)17/h11-12H,2-10H2,1H3,(H,16,17). The lowest BCUT2D eigenvalue weighted by Gasteiger charge is -2.32. The quantitative estimate of drug-likeness (QED) is 0.776. The highest BCUT2D eigenvalue weighted by atomic mass is 16.5. The zero-order valence-electron chi connectivity index (χ0n) is 11.2. The Balaban J connectivity index is 1.67. The molecule has 2 saturated heterocycles. The molecule has 2 aliphatic rings. The fourth-order valence-electron chi connectivity index (χ4n) is 2.91. The van der Waals surface area contributed by atoms with Gasteiger partial charge in [0.25, 0.3) is 0 Å². The number of rotatable bonds is 5. The molecule has 5 nitrogen and oxygen atoms in total. The van der Waals surface area contributed by atoms with Gasteiger partial charge in [-0.2, -0.15) is 0 Å². The maximum Gasteiger partial charge on any atom is 0.303 e. The molecular weight excluding hydrogens is 232 g/mol. The Kier molecular flexibility index (Phi) is 4.97. The first kappa shape index (κ1) is 13.8. The topological polar surface area (TPSA) is 53.0 Å². The van der Waals surface area contributed by atoms with Crippen LogP contribution in [0.4, 0.5) is 0 Å². The molecule has 2 rings (SSSR count). The number of aliphatic carboxylic acids is 1. The average Bonchev–Trinajstić information content (AvgIpc) is 2.74. The second-order valence-corrected chi connectivity index (χ2v) is 5.60. The molecule has 0 amide bonds. The van der Waals surface area contributed by atoms with Crippen molar-refractivity contribution < 1.29 is 14.6 Å². The molecule has 5 heteroatoms. The van der Waals surface area contributed by atoms with Crippen molar-refractivity contribution in [1.29, 1.82) is 0 Å². The zero-order valence-corrected chi connectivity index (χ0v) is 11.2. The maximum atomic E-state index is 10.6. The number of likely N-dealkylation sites (N-methyl/N-ethyl adjacent to an activating group) is 1. The summed E-state index contributed by atoms with van der Waals surface area (Å²) in [5.41, 5.74) is 0. The molecule has 0 aromatic rings. The van der Waals surface area contributed by atoms with Gasteiger partial charge in [-0.15, -0.1) is 0 Å². The van der Waals surface area contributed by atoms with Crippen molar-refractivity contribution in [3.05, 3.63) is 0 Å². The van der Waals surface area contributed by atoms with Gasteiger partial charge in [0.05, 0.1) is 12.7 Å². The Morgan fingerprint density at radius 2 is 2.22 bits per heavy atom. The first-order chi connectivity index (χ1) is 8.63. The van der Waals surface area contributed by atoms with E-state index in [0.29, 0.717) is 18.4 Å². The van der Waals surface area contributed by atoms with Crippen molar-refractivity contribution in [3.8, 4) is 0 Å². The minimum Gasteiger partial charge on any atom is -0.481 e. The van der Waals surface area contributed by atoms with Crippen LogP contribution in [0.2, 0.25) is 0 Å². The Bertz CT molecular complexity index is 285. The summed E-state index contributed by atoms with van der Waals surface area (Å²) >= 11 is 0. The summed E-state index contributed by atoms with van der Waals surface area (Å²) in [6, 6.07) is 0. The SMILES string of the molecule is CN1CCOC(CN2CCC(CCC(=O)O)C2)C1. The highest BCUT2D eigenvalue weighted by molar-refractivity contribution is 5.66. The molecule has 2 fully saturated rings. The summed E-state index contributed by atoms with van der Waals surface area (Å²) in [4.78, 5) is 15.3. The Morgan fingerprint density at radius 1 is 1.39 bits per heavy atom. The number of carbonyl (C=O) groups is 1. The number of carboxylic acids is 1. The Morgan fingerprint density at radius 3 is 2.94 bits per heavy atom. The summed E-state index contributed by atoms with van der Waals surface area (Å²) in [6.45, 7) is 5.99. The van der Waals surface area contributed by atoms with Crippen LogP contribution in [0.25, 0.3) is 0 Å². The molecule has 2 aliphatic heterocycles. The van der Waals surface area contributed by atoms with E-state index in [0.717, 1.165) is 52.2 Å². The second kappa shape index (κ2) is 6.50. The Hall–Kier alpha value is -0.650. The van der Waals surface area contributed by atoms with Gasteiger partial charge in [-0.3, -0.25) is 4.79 Å². The molecule has 2 heterocycles. The number of nitrogens with zero attached hydrogens (tertiary/aromatic N) is 2. The van der Waals surface area contributed by atoms with Gasteiger partial charge < -0.3 is 19.6 Å². The Labute approximate surface area is 109 Å². The van der Waals surface area contributed by atoms with Gasteiger partial charge in [0.1, 0.15) is 0 Å². The molecule has 104 valence electrons. The summed E-state index contributed by atoms with van der Waals surface area (Å²) in [7, 11) is 2.13. The number of hydrogen-bond acceptors (Lipinski definition) is 4. The van der Waals surface area contributed by atoms with Crippen molar-refractivity contribution in [3.63, 3.8) is 0 Å². The van der Waals surface area contributed by atoms with Gasteiger partial charge in [0, 0.05) is 32.6 Å². The van der Waals surface area contributed by atoms with Crippen LogP contribution in [-0.2, 0) is 9.53 Å². The molecule has 0 aromatic carbocycles. The third kappa shape index (κ3) is 4.23. The number of morpholine rings is 1. The predicted octanol–water partition coefficient (Wildman–Crippen LogP) is 0.504. The van der Waals surface area contributed by atoms with Crippen LogP contribution < -0.4 is 0 Å². The average molecular weight is 256 g/mol. The van der Waals surface area contributed by atoms with Crippen LogP contribution in [0.1, 0.15) is 19.3 Å². The van der Waals surface area contributed by atoms with Crippen molar-refractivity contribution in [2.75, 3.05) is 46.4 Å². The largest absolute Gasteiger partial charge is 0.481 e. The van der Waals surface area contributed by atoms with Crippen LogP contribution in [0.15, 0.2) is 0 Å². The molecule has 0 saturated carbocycles. The molecule has 1 N–H and O–H groups in total. The third-order valence-corrected chi connectivity index (χ3v) is 3.94. The predicted molar refractivity (Wildman–Crippen MR) is 68.7 cm³/mol. The van der Waals surface area contributed by atoms with E-state index in [9.17, 15) is 4.79 Å². The maximum absolute atomic E-state index is 10.6. The fourth-order valence-corrected chi connectivity index (χ4v) is 2.91. The molecule has 2 unspecified atom stereocenters. The molecule has 0 aliphatic carbocycles. The van der Waals surface area contributed by atoms with Crippen LogP contribution in [0, 0.1) is 5.92 Å². The lowest BCUT2D eigenvalue weighted by atomic mass is 10.0. The van der Waals surface area contributed by atoms with E-state index in [-0.39, 0.29) is 0 Å². The van der Waals surface area contributed by atoms with Crippen molar-refractivity contribution in [2.45, 2.75) is 25.4 Å². The number of ether oxygens (including phenoxy) is 1. The molecule has 0 bridgehead atoms. The number of likely N-dealkylation sites (tertiary alicyclic amines) is 1. The van der Waals surface area contributed by atoms with Gasteiger partial charge in [-0.25, -0.2) is 0 Å². The number of hydrogen-bond donors (Lipinski definition) is 1. The van der Waals surface area contributed by atoms with Crippen molar-refractivity contribution >= 4 is 5.97 Å².